The van der Waals surface area contributed by atoms with E-state index >= 15 is 0 Å². The van der Waals surface area contributed by atoms with Gasteiger partial charge in [0, 0.05) is 23.8 Å². The lowest BCUT2D eigenvalue weighted by Gasteiger charge is -2.32. The van der Waals surface area contributed by atoms with Gasteiger partial charge in [-0.05, 0) is 61.4 Å². The summed E-state index contributed by atoms with van der Waals surface area (Å²) >= 11 is 5.90. The monoisotopic (exact) mass is 382 g/mol. The van der Waals surface area contributed by atoms with Crippen LogP contribution in [0.15, 0.2) is 48.5 Å². The number of carbonyl (C=O) groups excluding carboxylic acids is 2. The van der Waals surface area contributed by atoms with E-state index in [-0.39, 0.29) is 11.8 Å². The van der Waals surface area contributed by atoms with E-state index < -0.39 is 5.41 Å². The van der Waals surface area contributed by atoms with Crippen LogP contribution in [0.25, 0.3) is 0 Å². The number of anilines is 1. The van der Waals surface area contributed by atoms with E-state index in [4.69, 9.17) is 11.6 Å². The topological polar surface area (TPSA) is 49.4 Å². The number of amides is 2. The van der Waals surface area contributed by atoms with Crippen molar-refractivity contribution in [2.24, 2.45) is 5.41 Å². The Kier molecular flexibility index (Phi) is 4.92. The van der Waals surface area contributed by atoms with Gasteiger partial charge < -0.3 is 10.2 Å². The average Bonchev–Trinajstić information content (AvgIpc) is 3.50. The highest BCUT2D eigenvalue weighted by molar-refractivity contribution is 6.30. The molecular formula is C22H23ClN2O2. The summed E-state index contributed by atoms with van der Waals surface area (Å²) in [5.74, 6) is -0.178. The summed E-state index contributed by atoms with van der Waals surface area (Å²) < 4.78 is 0. The molecule has 1 aliphatic heterocycles. The van der Waals surface area contributed by atoms with Crippen molar-refractivity contribution in [1.29, 1.82) is 0 Å². The normalized spacial score (nSPS) is 17.1. The number of hydrogen-bond donors (Lipinski definition) is 1. The molecule has 27 heavy (non-hydrogen) atoms. The number of benzene rings is 2. The fraction of sp³-hybridized carbons (Fsp3) is 0.364. The van der Waals surface area contributed by atoms with Crippen LogP contribution in [-0.4, -0.2) is 24.9 Å². The Bertz CT molecular complexity index is 859. The van der Waals surface area contributed by atoms with Crippen LogP contribution in [0.1, 0.15) is 30.4 Å². The standard InChI is InChI=1S/C22H23ClN2O2/c23-18-9-7-16(8-10-18)11-14-24-20(26)22(12-13-22)21(27)25-15-3-5-17-4-1-2-6-19(17)25/h1-2,4,6-10H,3,5,11-15H2,(H,24,26). The van der Waals surface area contributed by atoms with Crippen molar-refractivity contribution >= 4 is 29.1 Å². The summed E-state index contributed by atoms with van der Waals surface area (Å²) in [6.45, 7) is 1.21. The smallest absolute Gasteiger partial charge is 0.242 e. The first-order valence-corrected chi connectivity index (χ1v) is 9.91. The third kappa shape index (κ3) is 3.59. The maximum absolute atomic E-state index is 13.2. The number of halogens is 1. The van der Waals surface area contributed by atoms with Crippen LogP contribution in [0.4, 0.5) is 5.69 Å². The lowest BCUT2D eigenvalue weighted by molar-refractivity contribution is -0.135. The predicted molar refractivity (Wildman–Crippen MR) is 107 cm³/mol. The number of aryl methyl sites for hydroxylation is 1. The van der Waals surface area contributed by atoms with E-state index in [1.807, 2.05) is 47.4 Å². The summed E-state index contributed by atoms with van der Waals surface area (Å²) in [7, 11) is 0. The van der Waals surface area contributed by atoms with Gasteiger partial charge in [0.15, 0.2) is 0 Å². The maximum atomic E-state index is 13.2. The van der Waals surface area contributed by atoms with Gasteiger partial charge in [-0.25, -0.2) is 0 Å². The molecule has 1 heterocycles. The quantitative estimate of drug-likeness (QED) is 0.800. The van der Waals surface area contributed by atoms with Crippen molar-refractivity contribution in [2.75, 3.05) is 18.0 Å². The number of hydrogen-bond acceptors (Lipinski definition) is 2. The van der Waals surface area contributed by atoms with E-state index in [2.05, 4.69) is 11.4 Å². The Balaban J connectivity index is 1.40. The van der Waals surface area contributed by atoms with Gasteiger partial charge >= 0.3 is 0 Å². The summed E-state index contributed by atoms with van der Waals surface area (Å²) in [4.78, 5) is 27.8. The first-order chi connectivity index (χ1) is 13.1. The Labute approximate surface area is 164 Å². The summed E-state index contributed by atoms with van der Waals surface area (Å²) in [6.07, 6.45) is 3.92. The maximum Gasteiger partial charge on any atom is 0.242 e. The highest BCUT2D eigenvalue weighted by Gasteiger charge is 2.58. The van der Waals surface area contributed by atoms with Gasteiger partial charge in [0.25, 0.3) is 0 Å². The van der Waals surface area contributed by atoms with Crippen molar-refractivity contribution in [1.82, 2.24) is 5.32 Å². The van der Waals surface area contributed by atoms with Gasteiger partial charge in [0.05, 0.1) is 0 Å². The first-order valence-electron chi connectivity index (χ1n) is 9.53. The molecule has 0 bridgehead atoms. The summed E-state index contributed by atoms with van der Waals surface area (Å²) in [5.41, 5.74) is 2.40. The number of carbonyl (C=O) groups is 2. The Morgan fingerprint density at radius 3 is 2.56 bits per heavy atom. The average molecular weight is 383 g/mol. The lowest BCUT2D eigenvalue weighted by atomic mass is 9.97. The Hall–Kier alpha value is -2.33. The third-order valence-corrected chi connectivity index (χ3v) is 5.81. The number of nitrogens with one attached hydrogen (secondary N) is 1. The zero-order valence-electron chi connectivity index (χ0n) is 15.2. The van der Waals surface area contributed by atoms with Crippen molar-refractivity contribution in [3.63, 3.8) is 0 Å². The van der Waals surface area contributed by atoms with Crippen LogP contribution < -0.4 is 10.2 Å². The van der Waals surface area contributed by atoms with E-state index in [0.29, 0.717) is 31.0 Å². The molecule has 0 spiro atoms. The molecule has 2 aromatic rings. The second-order valence-electron chi connectivity index (χ2n) is 7.40. The van der Waals surface area contributed by atoms with Gasteiger partial charge in [-0.15, -0.1) is 0 Å². The van der Waals surface area contributed by atoms with Crippen molar-refractivity contribution in [2.45, 2.75) is 32.1 Å². The number of fused-ring (bicyclic) bond motifs is 1. The number of rotatable bonds is 5. The highest BCUT2D eigenvalue weighted by atomic mass is 35.5. The minimum atomic E-state index is -0.871. The molecule has 5 heteroatoms. The van der Waals surface area contributed by atoms with E-state index in [9.17, 15) is 9.59 Å². The Morgan fingerprint density at radius 1 is 1.07 bits per heavy atom. The van der Waals surface area contributed by atoms with Gasteiger partial charge in [-0.1, -0.05) is 41.9 Å². The highest BCUT2D eigenvalue weighted by Crippen LogP contribution is 2.48. The lowest BCUT2D eigenvalue weighted by Crippen LogP contribution is -2.47. The van der Waals surface area contributed by atoms with E-state index in [1.165, 1.54) is 5.56 Å². The van der Waals surface area contributed by atoms with Gasteiger partial charge in [-0.3, -0.25) is 9.59 Å². The summed E-state index contributed by atoms with van der Waals surface area (Å²) in [5, 5.41) is 3.67. The minimum Gasteiger partial charge on any atom is -0.355 e. The molecule has 2 amide bonds. The molecule has 1 aliphatic carbocycles. The Morgan fingerprint density at radius 2 is 1.81 bits per heavy atom. The van der Waals surface area contributed by atoms with Gasteiger partial charge in [0.1, 0.15) is 5.41 Å². The molecule has 1 saturated carbocycles. The van der Waals surface area contributed by atoms with Crippen LogP contribution in [0.3, 0.4) is 0 Å². The molecule has 2 aliphatic rings. The molecule has 1 fully saturated rings. The molecule has 0 radical (unpaired) electrons. The van der Waals surface area contributed by atoms with E-state index in [1.54, 1.807) is 0 Å². The second kappa shape index (κ2) is 7.35. The van der Waals surface area contributed by atoms with Gasteiger partial charge in [0.2, 0.25) is 11.8 Å². The fourth-order valence-corrected chi connectivity index (χ4v) is 3.93. The van der Waals surface area contributed by atoms with Crippen molar-refractivity contribution in [3.05, 3.63) is 64.7 Å². The van der Waals surface area contributed by atoms with Crippen LogP contribution in [-0.2, 0) is 22.4 Å². The first kappa shape index (κ1) is 18.1. The van der Waals surface area contributed by atoms with Crippen LogP contribution in [0.2, 0.25) is 5.02 Å². The second-order valence-corrected chi connectivity index (χ2v) is 7.84. The van der Waals surface area contributed by atoms with Gasteiger partial charge in [-0.2, -0.15) is 0 Å². The molecule has 0 unspecified atom stereocenters. The van der Waals surface area contributed by atoms with Crippen LogP contribution >= 0.6 is 11.6 Å². The third-order valence-electron chi connectivity index (χ3n) is 5.56. The fourth-order valence-electron chi connectivity index (χ4n) is 3.81. The minimum absolute atomic E-state index is 0.0429. The van der Waals surface area contributed by atoms with Crippen molar-refractivity contribution < 1.29 is 9.59 Å². The molecule has 1 N–H and O–H groups in total. The molecule has 0 saturated heterocycles. The molecule has 140 valence electrons. The van der Waals surface area contributed by atoms with Crippen LogP contribution in [0, 0.1) is 5.41 Å². The molecule has 4 rings (SSSR count). The molecular weight excluding hydrogens is 360 g/mol. The predicted octanol–water partition coefficient (Wildman–Crippen LogP) is 3.76. The zero-order chi connectivity index (χ0) is 18.9. The summed E-state index contributed by atoms with van der Waals surface area (Å²) in [6, 6.07) is 15.6. The number of para-hydroxylation sites is 1. The largest absolute Gasteiger partial charge is 0.355 e. The molecule has 0 aromatic heterocycles. The van der Waals surface area contributed by atoms with Crippen LogP contribution in [0.5, 0.6) is 0 Å². The zero-order valence-corrected chi connectivity index (χ0v) is 16.0. The van der Waals surface area contributed by atoms with Crippen molar-refractivity contribution in [3.8, 4) is 0 Å². The molecule has 4 nitrogen and oxygen atoms in total. The molecule has 0 atom stereocenters. The van der Waals surface area contributed by atoms with E-state index in [0.717, 1.165) is 30.5 Å². The SMILES string of the molecule is O=C(NCCc1ccc(Cl)cc1)C1(C(=O)N2CCCc3ccccc32)CC1. The number of nitrogens with zero attached hydrogens (tertiary/aromatic N) is 1. The molecule has 2 aromatic carbocycles.